The predicted molar refractivity (Wildman–Crippen MR) is 155 cm³/mol. The number of carbonyl (C=O) groups excluding carboxylic acids is 3. The van der Waals surface area contributed by atoms with Gasteiger partial charge in [0, 0.05) is 49.8 Å². The lowest BCUT2D eigenvalue weighted by Crippen LogP contribution is -2.49. The van der Waals surface area contributed by atoms with Crippen LogP contribution in [0.5, 0.6) is 0 Å². The van der Waals surface area contributed by atoms with Crippen molar-refractivity contribution in [3.8, 4) is 0 Å². The average Bonchev–Trinajstić information content (AvgIpc) is 3.00. The van der Waals surface area contributed by atoms with Gasteiger partial charge in [-0.3, -0.25) is 9.59 Å². The summed E-state index contributed by atoms with van der Waals surface area (Å²) in [5.41, 5.74) is 3.95. The van der Waals surface area contributed by atoms with Crippen LogP contribution in [0.3, 0.4) is 0 Å². The van der Waals surface area contributed by atoms with Gasteiger partial charge in [0.1, 0.15) is 5.82 Å². The van der Waals surface area contributed by atoms with Crippen LogP contribution in [-0.4, -0.2) is 60.4 Å². The van der Waals surface area contributed by atoms with Gasteiger partial charge >= 0.3 is 5.97 Å². The van der Waals surface area contributed by atoms with Crippen LogP contribution in [0.1, 0.15) is 47.7 Å². The Bertz CT molecular complexity index is 1450. The quantitative estimate of drug-likeness (QED) is 0.378. The normalized spacial score (nSPS) is 17.6. The van der Waals surface area contributed by atoms with Gasteiger partial charge in [0.25, 0.3) is 5.91 Å². The van der Waals surface area contributed by atoms with E-state index in [4.69, 9.17) is 4.74 Å². The molecule has 2 aliphatic rings. The van der Waals surface area contributed by atoms with E-state index in [1.54, 1.807) is 47.9 Å². The van der Waals surface area contributed by atoms with Gasteiger partial charge in [-0.25, -0.2) is 9.18 Å². The third-order valence-corrected chi connectivity index (χ3v) is 7.82. The van der Waals surface area contributed by atoms with Crippen molar-refractivity contribution in [2.24, 2.45) is 0 Å². The molecule has 1 atom stereocenters. The number of hydrogen-bond donors (Lipinski definition) is 0. The number of hydrogen-bond acceptors (Lipinski definition) is 5. The van der Waals surface area contributed by atoms with E-state index in [1.165, 1.54) is 6.07 Å². The molecule has 41 heavy (non-hydrogen) atoms. The van der Waals surface area contributed by atoms with E-state index in [9.17, 15) is 18.8 Å². The van der Waals surface area contributed by atoms with Gasteiger partial charge in [-0.1, -0.05) is 54.6 Å². The fourth-order valence-electron chi connectivity index (χ4n) is 5.62. The van der Waals surface area contributed by atoms with Gasteiger partial charge in [-0.2, -0.15) is 0 Å². The molecule has 212 valence electrons. The van der Waals surface area contributed by atoms with Crippen molar-refractivity contribution < 1.29 is 23.5 Å². The van der Waals surface area contributed by atoms with Crippen molar-refractivity contribution in [1.29, 1.82) is 0 Å². The van der Waals surface area contributed by atoms with Crippen LogP contribution in [0, 0.1) is 5.82 Å². The first-order valence-corrected chi connectivity index (χ1v) is 14.0. The third-order valence-electron chi connectivity index (χ3n) is 7.82. The van der Waals surface area contributed by atoms with Crippen LogP contribution in [0.25, 0.3) is 0 Å². The zero-order chi connectivity index (χ0) is 28.9. The summed E-state index contributed by atoms with van der Waals surface area (Å²) in [5, 5.41) is 0. The molecule has 0 aliphatic carbocycles. The van der Waals surface area contributed by atoms with Gasteiger partial charge in [0.2, 0.25) is 5.91 Å². The van der Waals surface area contributed by atoms with Gasteiger partial charge in [0.15, 0.2) is 0 Å². The maximum atomic E-state index is 14.2. The molecule has 0 radical (unpaired) electrons. The average molecular weight is 556 g/mol. The number of piperazine rings is 1. The van der Waals surface area contributed by atoms with Crippen LogP contribution in [0.4, 0.5) is 10.1 Å². The van der Waals surface area contributed by atoms with E-state index in [1.807, 2.05) is 53.4 Å². The Morgan fingerprint density at radius 3 is 2.22 bits per heavy atom. The molecule has 0 aromatic heterocycles. The summed E-state index contributed by atoms with van der Waals surface area (Å²) < 4.78 is 19.5. The second-order valence-electron chi connectivity index (χ2n) is 10.3. The Hall–Kier alpha value is -4.46. The zero-order valence-electron chi connectivity index (χ0n) is 23.4. The lowest BCUT2D eigenvalue weighted by molar-refractivity contribution is -0.140. The summed E-state index contributed by atoms with van der Waals surface area (Å²) >= 11 is 0. The first kappa shape index (κ1) is 28.1. The molecule has 1 unspecified atom stereocenters. The third kappa shape index (κ3) is 6.01. The minimum Gasteiger partial charge on any atom is -0.463 e. The molecule has 3 aromatic carbocycles. The van der Waals surface area contributed by atoms with E-state index < -0.39 is 5.97 Å². The molecule has 1 saturated heterocycles. The van der Waals surface area contributed by atoms with E-state index in [0.29, 0.717) is 48.7 Å². The van der Waals surface area contributed by atoms with Crippen LogP contribution in [0.15, 0.2) is 90.1 Å². The Morgan fingerprint density at radius 2 is 1.56 bits per heavy atom. The number of para-hydroxylation sites is 1. The number of nitrogens with zero attached hydrogens (tertiary/aromatic N) is 3. The highest BCUT2D eigenvalue weighted by Crippen LogP contribution is 2.37. The highest BCUT2D eigenvalue weighted by atomic mass is 19.1. The lowest BCUT2D eigenvalue weighted by Gasteiger charge is -2.36. The predicted octanol–water partition coefficient (Wildman–Crippen LogP) is 5.14. The number of rotatable bonds is 7. The molecule has 2 heterocycles. The molecule has 2 aliphatic heterocycles. The minimum atomic E-state index is -0.410. The van der Waals surface area contributed by atoms with Gasteiger partial charge < -0.3 is 19.4 Å². The second-order valence-corrected chi connectivity index (χ2v) is 10.3. The molecule has 5 rings (SSSR count). The summed E-state index contributed by atoms with van der Waals surface area (Å²) in [6, 6.07) is 23.5. The number of allylic oxidation sites excluding steroid dienone is 1. The second kappa shape index (κ2) is 12.4. The number of ether oxygens (including phenoxy) is 1. The van der Waals surface area contributed by atoms with Gasteiger partial charge in [-0.05, 0) is 49.2 Å². The van der Waals surface area contributed by atoms with Gasteiger partial charge in [0.05, 0.1) is 24.4 Å². The van der Waals surface area contributed by atoms with E-state index in [2.05, 4.69) is 0 Å². The zero-order valence-corrected chi connectivity index (χ0v) is 23.4. The van der Waals surface area contributed by atoms with Crippen LogP contribution in [0.2, 0.25) is 0 Å². The molecule has 7 nitrogen and oxygen atoms in total. The molecule has 0 bridgehead atoms. The summed E-state index contributed by atoms with van der Waals surface area (Å²) in [5.74, 6) is -1.18. The SMILES string of the molecule is CCOC(=O)C1=C(C)N(Cc2ccc(C(=O)N3CCN(c4ccccc4F)CC3)cc2)C(=O)CC1c1ccccc1. The summed E-state index contributed by atoms with van der Waals surface area (Å²) in [6.07, 6.45) is 0.172. The number of amides is 2. The van der Waals surface area contributed by atoms with Crippen LogP contribution >= 0.6 is 0 Å². The van der Waals surface area contributed by atoms with Crippen LogP contribution < -0.4 is 4.90 Å². The summed E-state index contributed by atoms with van der Waals surface area (Å²) in [7, 11) is 0. The molecular weight excluding hydrogens is 521 g/mol. The van der Waals surface area contributed by atoms with Crippen molar-refractivity contribution in [3.05, 3.63) is 113 Å². The van der Waals surface area contributed by atoms with Crippen molar-refractivity contribution in [3.63, 3.8) is 0 Å². The standard InChI is InChI=1S/C33H34FN3O4/c1-3-41-33(40)31-23(2)37(30(38)21-27(31)25-9-5-4-6-10-25)22-24-13-15-26(16-14-24)32(39)36-19-17-35(18-20-36)29-12-8-7-11-28(29)34/h4-16,27H,3,17-22H2,1-2H3. The number of carbonyl (C=O) groups is 3. The highest BCUT2D eigenvalue weighted by Gasteiger charge is 2.37. The molecular formula is C33H34FN3O4. The van der Waals surface area contributed by atoms with Crippen molar-refractivity contribution in [2.45, 2.75) is 32.7 Å². The molecule has 8 heteroatoms. The maximum absolute atomic E-state index is 14.2. The number of halogens is 1. The monoisotopic (exact) mass is 555 g/mol. The highest BCUT2D eigenvalue weighted by molar-refractivity contribution is 5.96. The Labute approximate surface area is 239 Å². The molecule has 0 spiro atoms. The smallest absolute Gasteiger partial charge is 0.336 e. The van der Waals surface area contributed by atoms with Gasteiger partial charge in [-0.15, -0.1) is 0 Å². The van der Waals surface area contributed by atoms with Crippen LogP contribution in [-0.2, 0) is 20.9 Å². The molecule has 3 aromatic rings. The van der Waals surface area contributed by atoms with Crippen molar-refractivity contribution in [1.82, 2.24) is 9.80 Å². The van der Waals surface area contributed by atoms with Crippen molar-refractivity contribution >= 4 is 23.5 Å². The van der Waals surface area contributed by atoms with E-state index in [-0.39, 0.29) is 43.1 Å². The molecule has 0 saturated carbocycles. The minimum absolute atomic E-state index is 0.0720. The maximum Gasteiger partial charge on any atom is 0.336 e. The van der Waals surface area contributed by atoms with E-state index in [0.717, 1.165) is 11.1 Å². The number of esters is 1. The van der Waals surface area contributed by atoms with E-state index >= 15 is 0 Å². The number of anilines is 1. The van der Waals surface area contributed by atoms with Crippen molar-refractivity contribution in [2.75, 3.05) is 37.7 Å². The Kier molecular flexibility index (Phi) is 8.47. The lowest BCUT2D eigenvalue weighted by atomic mass is 9.83. The molecule has 0 N–H and O–H groups in total. The fourth-order valence-corrected chi connectivity index (χ4v) is 5.62. The number of benzene rings is 3. The Balaban J connectivity index is 1.28. The molecule has 2 amide bonds. The topological polar surface area (TPSA) is 70.2 Å². The molecule has 1 fully saturated rings. The Morgan fingerprint density at radius 1 is 0.902 bits per heavy atom. The first-order valence-electron chi connectivity index (χ1n) is 14.0. The fraction of sp³-hybridized carbons (Fsp3) is 0.303. The first-order chi connectivity index (χ1) is 19.9. The summed E-state index contributed by atoms with van der Waals surface area (Å²) in [4.78, 5) is 44.8. The largest absolute Gasteiger partial charge is 0.463 e. The summed E-state index contributed by atoms with van der Waals surface area (Å²) in [6.45, 7) is 6.20.